The van der Waals surface area contributed by atoms with Gasteiger partial charge >= 0.3 is 0 Å². The average Bonchev–Trinajstić information content (AvgIpc) is 2.22. The van der Waals surface area contributed by atoms with E-state index in [0.717, 1.165) is 3.58 Å². The summed E-state index contributed by atoms with van der Waals surface area (Å²) in [6, 6.07) is 0. The van der Waals surface area contributed by atoms with Gasteiger partial charge < -0.3 is 14.6 Å². The van der Waals surface area contributed by atoms with Gasteiger partial charge in [-0.05, 0) is 35.6 Å². The SMILES string of the molecule is CCOCOC1(CO)CN=C(Cl)C=C1I. The third-order valence-electron chi connectivity index (χ3n) is 2.04. The molecular formula is C9H13ClINO3. The Labute approximate surface area is 107 Å². The monoisotopic (exact) mass is 345 g/mol. The molecular weight excluding hydrogens is 332 g/mol. The molecule has 0 aliphatic carbocycles. The number of dihydropyridines is 1. The Balaban J connectivity index is 2.66. The molecule has 6 heteroatoms. The fourth-order valence-electron chi connectivity index (χ4n) is 1.08. The highest BCUT2D eigenvalue weighted by atomic mass is 127. The minimum atomic E-state index is -0.784. The molecule has 1 unspecified atom stereocenters. The molecule has 4 nitrogen and oxygen atoms in total. The summed E-state index contributed by atoms with van der Waals surface area (Å²) in [5.74, 6) is 0. The van der Waals surface area contributed by atoms with E-state index < -0.39 is 5.60 Å². The number of hydrogen-bond donors (Lipinski definition) is 1. The van der Waals surface area contributed by atoms with Crippen molar-refractivity contribution in [2.45, 2.75) is 12.5 Å². The van der Waals surface area contributed by atoms with Crippen LogP contribution in [0, 0.1) is 0 Å². The van der Waals surface area contributed by atoms with E-state index in [4.69, 9.17) is 21.1 Å². The van der Waals surface area contributed by atoms with Gasteiger partial charge in [0.05, 0.1) is 13.2 Å². The number of halogens is 2. The first-order valence-electron chi connectivity index (χ1n) is 4.55. The largest absolute Gasteiger partial charge is 0.393 e. The fourth-order valence-corrected chi connectivity index (χ4v) is 2.23. The van der Waals surface area contributed by atoms with Crippen molar-refractivity contribution in [2.75, 3.05) is 26.6 Å². The summed E-state index contributed by atoms with van der Waals surface area (Å²) in [6.07, 6.45) is 1.69. The topological polar surface area (TPSA) is 51.0 Å². The molecule has 0 aromatic heterocycles. The highest BCUT2D eigenvalue weighted by Gasteiger charge is 2.36. The Kier molecular flexibility index (Phi) is 5.48. The van der Waals surface area contributed by atoms with Crippen molar-refractivity contribution in [3.8, 4) is 0 Å². The van der Waals surface area contributed by atoms with Crippen molar-refractivity contribution in [1.29, 1.82) is 0 Å². The van der Waals surface area contributed by atoms with Crippen molar-refractivity contribution in [2.24, 2.45) is 4.99 Å². The first kappa shape index (κ1) is 13.4. The van der Waals surface area contributed by atoms with Crippen LogP contribution in [0.2, 0.25) is 0 Å². The number of aliphatic imine (C=N–C) groups is 1. The van der Waals surface area contributed by atoms with Gasteiger partial charge in [0.1, 0.15) is 17.6 Å². The minimum absolute atomic E-state index is 0.136. The van der Waals surface area contributed by atoms with Crippen molar-refractivity contribution >= 4 is 39.4 Å². The van der Waals surface area contributed by atoms with Crippen LogP contribution in [0.4, 0.5) is 0 Å². The van der Waals surface area contributed by atoms with Crippen LogP contribution in [0.15, 0.2) is 14.6 Å². The summed E-state index contributed by atoms with van der Waals surface area (Å²) in [5.41, 5.74) is -0.784. The summed E-state index contributed by atoms with van der Waals surface area (Å²) in [5, 5.41) is 9.79. The second kappa shape index (κ2) is 6.15. The summed E-state index contributed by atoms with van der Waals surface area (Å²) < 4.78 is 11.4. The number of nitrogens with zero attached hydrogens (tertiary/aromatic N) is 1. The highest BCUT2D eigenvalue weighted by Crippen LogP contribution is 2.31. The van der Waals surface area contributed by atoms with Crippen LogP contribution in [-0.4, -0.2) is 42.4 Å². The lowest BCUT2D eigenvalue weighted by molar-refractivity contribution is -0.132. The minimum Gasteiger partial charge on any atom is -0.393 e. The van der Waals surface area contributed by atoms with Gasteiger partial charge in [0.15, 0.2) is 0 Å². The maximum atomic E-state index is 9.36. The molecule has 15 heavy (non-hydrogen) atoms. The third kappa shape index (κ3) is 3.39. The molecule has 1 atom stereocenters. The van der Waals surface area contributed by atoms with Gasteiger partial charge in [-0.3, -0.25) is 4.99 Å². The van der Waals surface area contributed by atoms with E-state index in [1.165, 1.54) is 0 Å². The smallest absolute Gasteiger partial charge is 0.148 e. The van der Waals surface area contributed by atoms with Crippen LogP contribution >= 0.6 is 34.2 Å². The Bertz CT molecular complexity index is 283. The molecule has 1 aliphatic heterocycles. The number of ether oxygens (including phenoxy) is 2. The summed E-state index contributed by atoms with van der Waals surface area (Å²) >= 11 is 7.85. The van der Waals surface area contributed by atoms with Crippen LogP contribution in [0.3, 0.4) is 0 Å². The molecule has 0 bridgehead atoms. The van der Waals surface area contributed by atoms with Gasteiger partial charge in [-0.25, -0.2) is 0 Å². The standard InChI is InChI=1S/C9H13ClINO3/c1-2-14-6-15-9(5-13)4-12-8(10)3-7(9)11/h3,13H,2,4-6H2,1H3. The molecule has 0 spiro atoms. The van der Waals surface area contributed by atoms with E-state index in [-0.39, 0.29) is 13.4 Å². The summed E-state index contributed by atoms with van der Waals surface area (Å²) in [7, 11) is 0. The Hall–Kier alpha value is 0.310. The van der Waals surface area contributed by atoms with Crippen LogP contribution < -0.4 is 0 Å². The highest BCUT2D eigenvalue weighted by molar-refractivity contribution is 14.1. The summed E-state index contributed by atoms with van der Waals surface area (Å²) in [6.45, 7) is 2.79. The molecule has 86 valence electrons. The van der Waals surface area contributed by atoms with Crippen molar-refractivity contribution in [3.05, 3.63) is 9.66 Å². The first-order valence-corrected chi connectivity index (χ1v) is 6.00. The second-order valence-electron chi connectivity index (χ2n) is 3.04. The maximum Gasteiger partial charge on any atom is 0.148 e. The zero-order valence-electron chi connectivity index (χ0n) is 8.37. The lowest BCUT2D eigenvalue weighted by atomic mass is 10.0. The molecule has 0 fully saturated rings. The molecule has 0 amide bonds. The molecule has 0 saturated heterocycles. The van der Waals surface area contributed by atoms with Crippen LogP contribution in [0.1, 0.15) is 6.92 Å². The molecule has 0 saturated carbocycles. The van der Waals surface area contributed by atoms with Crippen molar-refractivity contribution < 1.29 is 14.6 Å². The van der Waals surface area contributed by atoms with Gasteiger partial charge in [-0.15, -0.1) is 0 Å². The van der Waals surface area contributed by atoms with Gasteiger partial charge in [0.2, 0.25) is 0 Å². The molecule has 0 radical (unpaired) electrons. The van der Waals surface area contributed by atoms with E-state index in [1.807, 2.05) is 6.92 Å². The van der Waals surface area contributed by atoms with E-state index in [0.29, 0.717) is 18.3 Å². The van der Waals surface area contributed by atoms with Crippen molar-refractivity contribution in [1.82, 2.24) is 0 Å². The molecule has 1 N–H and O–H groups in total. The molecule has 1 heterocycles. The van der Waals surface area contributed by atoms with Crippen LogP contribution in [-0.2, 0) is 9.47 Å². The van der Waals surface area contributed by atoms with Gasteiger partial charge in [0, 0.05) is 10.2 Å². The van der Waals surface area contributed by atoms with E-state index in [2.05, 4.69) is 27.6 Å². The van der Waals surface area contributed by atoms with Crippen LogP contribution in [0.25, 0.3) is 0 Å². The molecule has 1 aliphatic rings. The molecule has 0 aromatic rings. The Morgan fingerprint density at radius 3 is 3.00 bits per heavy atom. The lowest BCUT2D eigenvalue weighted by Crippen LogP contribution is -2.43. The fraction of sp³-hybridized carbons (Fsp3) is 0.667. The van der Waals surface area contributed by atoms with Gasteiger partial charge in [-0.1, -0.05) is 11.6 Å². The number of allylic oxidation sites excluding steroid dienone is 1. The van der Waals surface area contributed by atoms with Crippen molar-refractivity contribution in [3.63, 3.8) is 0 Å². The van der Waals surface area contributed by atoms with Gasteiger partial charge in [-0.2, -0.15) is 0 Å². The third-order valence-corrected chi connectivity index (χ3v) is 3.57. The molecule has 1 rings (SSSR count). The number of rotatable bonds is 5. The predicted octanol–water partition coefficient (Wildman–Crippen LogP) is 1.70. The summed E-state index contributed by atoms with van der Waals surface area (Å²) in [4.78, 5) is 4.04. The molecule has 0 aromatic carbocycles. The quantitative estimate of drug-likeness (QED) is 0.469. The number of aliphatic hydroxyl groups is 1. The van der Waals surface area contributed by atoms with E-state index >= 15 is 0 Å². The predicted molar refractivity (Wildman–Crippen MR) is 67.7 cm³/mol. The van der Waals surface area contributed by atoms with Crippen LogP contribution in [0.5, 0.6) is 0 Å². The first-order chi connectivity index (χ1) is 7.14. The average molecular weight is 346 g/mol. The van der Waals surface area contributed by atoms with Gasteiger partial charge in [0.25, 0.3) is 0 Å². The van der Waals surface area contributed by atoms with E-state index in [9.17, 15) is 5.11 Å². The normalized spacial score (nSPS) is 26.1. The second-order valence-corrected chi connectivity index (χ2v) is 4.59. The zero-order valence-corrected chi connectivity index (χ0v) is 11.3. The number of aliphatic hydroxyl groups excluding tert-OH is 1. The Morgan fingerprint density at radius 1 is 1.73 bits per heavy atom. The lowest BCUT2D eigenvalue weighted by Gasteiger charge is -2.32. The maximum absolute atomic E-state index is 9.36. The Morgan fingerprint density at radius 2 is 2.47 bits per heavy atom. The number of hydrogen-bond acceptors (Lipinski definition) is 4. The van der Waals surface area contributed by atoms with E-state index in [1.54, 1.807) is 6.08 Å². The zero-order chi connectivity index (χ0) is 11.3.